The van der Waals surface area contributed by atoms with Crippen LogP contribution in [0.3, 0.4) is 0 Å². The van der Waals surface area contributed by atoms with Crippen molar-refractivity contribution in [1.29, 1.82) is 0 Å². The van der Waals surface area contributed by atoms with Gasteiger partial charge in [-0.1, -0.05) is 17.4 Å². The van der Waals surface area contributed by atoms with Gasteiger partial charge in [-0.05, 0) is 38.4 Å². The van der Waals surface area contributed by atoms with E-state index in [2.05, 4.69) is 4.98 Å². The van der Waals surface area contributed by atoms with E-state index in [0.717, 1.165) is 23.5 Å². The quantitative estimate of drug-likeness (QED) is 0.621. The summed E-state index contributed by atoms with van der Waals surface area (Å²) < 4.78 is 41.7. The molecular formula is C18H17ClF3N3OS. The van der Waals surface area contributed by atoms with Crippen LogP contribution in [-0.4, -0.2) is 43.0 Å². The summed E-state index contributed by atoms with van der Waals surface area (Å²) in [6.07, 6.45) is 0. The lowest BCUT2D eigenvalue weighted by Gasteiger charge is -2.22. The number of anilines is 1. The maximum absolute atomic E-state index is 14.1. The standard InChI is InChI=1S/C18H16F3N3OS.ClH/c1-23(2)8-9-24(17(25)12-7-6-11(19)10-14(12)21)18-22-16-13(20)4-3-5-15(16)26-18;/h3-7,10H,8-9H2,1-2H3;1H. The summed E-state index contributed by atoms with van der Waals surface area (Å²) in [6.45, 7) is 0.719. The Morgan fingerprint density at radius 1 is 1.07 bits per heavy atom. The average molecular weight is 416 g/mol. The second-order valence-electron chi connectivity index (χ2n) is 5.97. The van der Waals surface area contributed by atoms with E-state index in [9.17, 15) is 18.0 Å². The molecule has 0 radical (unpaired) electrons. The summed E-state index contributed by atoms with van der Waals surface area (Å²) in [5, 5.41) is 0.265. The third kappa shape index (κ3) is 4.58. The number of likely N-dealkylation sites (N-methyl/N-ethyl adjacent to an activating group) is 1. The first-order valence-corrected chi connectivity index (χ1v) is 8.65. The first-order valence-electron chi connectivity index (χ1n) is 7.83. The van der Waals surface area contributed by atoms with E-state index in [1.165, 1.54) is 11.0 Å². The van der Waals surface area contributed by atoms with Crippen molar-refractivity contribution in [2.24, 2.45) is 0 Å². The topological polar surface area (TPSA) is 36.4 Å². The average Bonchev–Trinajstić information content (AvgIpc) is 3.00. The number of hydrogen-bond acceptors (Lipinski definition) is 4. The van der Waals surface area contributed by atoms with Gasteiger partial charge in [-0.2, -0.15) is 0 Å². The molecule has 0 saturated heterocycles. The van der Waals surface area contributed by atoms with Crippen molar-refractivity contribution in [3.63, 3.8) is 0 Å². The SMILES string of the molecule is CN(C)CCN(C(=O)c1ccc(F)cc1F)c1nc2c(F)cccc2s1.Cl. The predicted octanol–water partition coefficient (Wildman–Crippen LogP) is 4.34. The minimum Gasteiger partial charge on any atom is -0.308 e. The summed E-state index contributed by atoms with van der Waals surface area (Å²) in [5.74, 6) is -2.85. The van der Waals surface area contributed by atoms with Crippen LogP contribution in [0.25, 0.3) is 10.2 Å². The normalized spacial score (nSPS) is 10.9. The van der Waals surface area contributed by atoms with E-state index >= 15 is 0 Å². The number of thiazole rings is 1. The Hall–Kier alpha value is -2.16. The van der Waals surface area contributed by atoms with Gasteiger partial charge in [-0.25, -0.2) is 18.2 Å². The largest absolute Gasteiger partial charge is 0.308 e. The summed E-state index contributed by atoms with van der Waals surface area (Å²) in [6, 6.07) is 7.34. The molecule has 0 bridgehead atoms. The van der Waals surface area contributed by atoms with Crippen molar-refractivity contribution in [3.05, 3.63) is 59.4 Å². The highest BCUT2D eigenvalue weighted by Crippen LogP contribution is 2.31. The number of halogens is 4. The summed E-state index contributed by atoms with van der Waals surface area (Å²) in [4.78, 5) is 20.2. The van der Waals surface area contributed by atoms with Crippen molar-refractivity contribution < 1.29 is 18.0 Å². The molecule has 1 heterocycles. The molecule has 3 aromatic rings. The molecule has 144 valence electrons. The maximum Gasteiger partial charge on any atom is 0.263 e. The van der Waals surface area contributed by atoms with E-state index < -0.39 is 23.4 Å². The lowest BCUT2D eigenvalue weighted by molar-refractivity contribution is 0.0981. The number of aromatic nitrogens is 1. The first kappa shape index (κ1) is 21.1. The summed E-state index contributed by atoms with van der Waals surface area (Å²) in [7, 11) is 3.66. The molecular weight excluding hydrogens is 399 g/mol. The highest BCUT2D eigenvalue weighted by atomic mass is 35.5. The molecule has 0 saturated carbocycles. The van der Waals surface area contributed by atoms with Crippen LogP contribution in [0.2, 0.25) is 0 Å². The molecule has 27 heavy (non-hydrogen) atoms. The first-order chi connectivity index (χ1) is 12.4. The van der Waals surface area contributed by atoms with Gasteiger partial charge < -0.3 is 4.90 Å². The smallest absolute Gasteiger partial charge is 0.263 e. The third-order valence-electron chi connectivity index (χ3n) is 3.77. The molecule has 0 aliphatic carbocycles. The Morgan fingerprint density at radius 2 is 1.81 bits per heavy atom. The van der Waals surface area contributed by atoms with Gasteiger partial charge in [0.1, 0.15) is 23.0 Å². The van der Waals surface area contributed by atoms with Gasteiger partial charge >= 0.3 is 0 Å². The molecule has 1 amide bonds. The molecule has 0 aliphatic heterocycles. The van der Waals surface area contributed by atoms with Gasteiger partial charge in [0.2, 0.25) is 0 Å². The van der Waals surface area contributed by atoms with Gasteiger partial charge in [-0.3, -0.25) is 9.69 Å². The Labute approximate surface area is 164 Å². The van der Waals surface area contributed by atoms with Crippen LogP contribution in [0, 0.1) is 17.5 Å². The molecule has 0 spiro atoms. The van der Waals surface area contributed by atoms with Gasteiger partial charge in [0, 0.05) is 19.2 Å². The van der Waals surface area contributed by atoms with Crippen molar-refractivity contribution in [2.45, 2.75) is 0 Å². The number of hydrogen-bond donors (Lipinski definition) is 0. The van der Waals surface area contributed by atoms with Crippen LogP contribution in [-0.2, 0) is 0 Å². The number of carbonyl (C=O) groups is 1. The summed E-state index contributed by atoms with van der Waals surface area (Å²) >= 11 is 1.14. The van der Waals surface area contributed by atoms with Gasteiger partial charge in [0.25, 0.3) is 5.91 Å². The number of rotatable bonds is 5. The van der Waals surface area contributed by atoms with Crippen LogP contribution >= 0.6 is 23.7 Å². The number of para-hydroxylation sites is 1. The van der Waals surface area contributed by atoms with Crippen molar-refractivity contribution in [3.8, 4) is 0 Å². The monoisotopic (exact) mass is 415 g/mol. The second kappa shape index (κ2) is 8.69. The zero-order chi connectivity index (χ0) is 18.8. The van der Waals surface area contributed by atoms with Gasteiger partial charge in [0.15, 0.2) is 5.13 Å². The molecule has 0 unspecified atom stereocenters. The van der Waals surface area contributed by atoms with E-state index in [4.69, 9.17) is 0 Å². The summed E-state index contributed by atoms with van der Waals surface area (Å²) in [5.41, 5.74) is -0.0976. The Bertz CT molecular complexity index is 964. The molecule has 9 heteroatoms. The number of fused-ring (bicyclic) bond motifs is 1. The number of amides is 1. The molecule has 4 nitrogen and oxygen atoms in total. The molecule has 0 atom stereocenters. The lowest BCUT2D eigenvalue weighted by atomic mass is 10.2. The van der Waals surface area contributed by atoms with E-state index in [-0.39, 0.29) is 35.2 Å². The zero-order valence-corrected chi connectivity index (χ0v) is 16.2. The second-order valence-corrected chi connectivity index (χ2v) is 6.98. The Morgan fingerprint density at radius 3 is 2.44 bits per heavy atom. The van der Waals surface area contributed by atoms with Gasteiger partial charge in [0.05, 0.1) is 10.3 Å². The van der Waals surface area contributed by atoms with Gasteiger partial charge in [-0.15, -0.1) is 12.4 Å². The minimum atomic E-state index is -0.947. The Balaban J connectivity index is 0.00000261. The van der Waals surface area contributed by atoms with Crippen molar-refractivity contribution in [1.82, 2.24) is 9.88 Å². The maximum atomic E-state index is 14.1. The van der Waals surface area contributed by atoms with E-state index in [1.807, 2.05) is 19.0 Å². The fourth-order valence-electron chi connectivity index (χ4n) is 2.41. The molecule has 0 N–H and O–H groups in total. The number of carbonyl (C=O) groups excluding carboxylic acids is 1. The highest BCUT2D eigenvalue weighted by Gasteiger charge is 2.24. The third-order valence-corrected chi connectivity index (χ3v) is 4.81. The Kier molecular flexibility index (Phi) is 6.80. The van der Waals surface area contributed by atoms with Crippen molar-refractivity contribution in [2.75, 3.05) is 32.1 Å². The number of nitrogens with zero attached hydrogens (tertiary/aromatic N) is 3. The predicted molar refractivity (Wildman–Crippen MR) is 103 cm³/mol. The lowest BCUT2D eigenvalue weighted by Crippen LogP contribution is -2.37. The van der Waals surface area contributed by atoms with E-state index in [0.29, 0.717) is 17.3 Å². The van der Waals surface area contributed by atoms with Crippen LogP contribution in [0.1, 0.15) is 10.4 Å². The number of benzene rings is 2. The molecule has 3 rings (SSSR count). The highest BCUT2D eigenvalue weighted by molar-refractivity contribution is 7.22. The zero-order valence-electron chi connectivity index (χ0n) is 14.6. The minimum absolute atomic E-state index is 0. The molecule has 1 aromatic heterocycles. The molecule has 0 fully saturated rings. The van der Waals surface area contributed by atoms with Crippen LogP contribution < -0.4 is 4.90 Å². The van der Waals surface area contributed by atoms with Crippen LogP contribution in [0.5, 0.6) is 0 Å². The fourth-order valence-corrected chi connectivity index (χ4v) is 3.42. The van der Waals surface area contributed by atoms with E-state index in [1.54, 1.807) is 12.1 Å². The molecule has 0 aliphatic rings. The molecule has 2 aromatic carbocycles. The van der Waals surface area contributed by atoms with Crippen LogP contribution in [0.15, 0.2) is 36.4 Å². The van der Waals surface area contributed by atoms with Crippen molar-refractivity contribution >= 4 is 45.0 Å². The van der Waals surface area contributed by atoms with Crippen LogP contribution in [0.4, 0.5) is 18.3 Å². The fraction of sp³-hybridized carbons (Fsp3) is 0.222.